The Kier molecular flexibility index (Phi) is 4.15. The Morgan fingerprint density at radius 2 is 2.00 bits per heavy atom. The van der Waals surface area contributed by atoms with Crippen LogP contribution in [-0.2, 0) is 6.42 Å². The number of rotatable bonds is 3. The van der Waals surface area contributed by atoms with Gasteiger partial charge in [-0.05, 0) is 48.2 Å². The fraction of sp³-hybridized carbons (Fsp3) is 0.200. The Hall–Kier alpha value is -1.19. The lowest BCUT2D eigenvalue weighted by atomic mass is 9.99. The van der Waals surface area contributed by atoms with Crippen LogP contribution in [0, 0.1) is 12.7 Å². The molecule has 0 heterocycles. The molecule has 2 aromatic rings. The van der Waals surface area contributed by atoms with Crippen molar-refractivity contribution in [2.45, 2.75) is 19.4 Å². The van der Waals surface area contributed by atoms with E-state index in [9.17, 15) is 4.39 Å². The molecule has 0 spiro atoms. The third-order valence-corrected chi connectivity index (χ3v) is 3.59. The Balaban J connectivity index is 2.19. The molecule has 2 aromatic carbocycles. The second-order valence-electron chi connectivity index (χ2n) is 4.47. The lowest BCUT2D eigenvalue weighted by Crippen LogP contribution is -2.14. The van der Waals surface area contributed by atoms with Crippen molar-refractivity contribution in [3.63, 3.8) is 0 Å². The van der Waals surface area contributed by atoms with Crippen molar-refractivity contribution < 1.29 is 4.39 Å². The fourth-order valence-electron chi connectivity index (χ4n) is 1.96. The molecule has 0 fully saturated rings. The van der Waals surface area contributed by atoms with E-state index in [2.05, 4.69) is 15.9 Å². The summed E-state index contributed by atoms with van der Waals surface area (Å²) in [7, 11) is 0. The predicted octanol–water partition coefficient (Wildman–Crippen LogP) is 4.14. The number of halogens is 2. The van der Waals surface area contributed by atoms with E-state index >= 15 is 0 Å². The van der Waals surface area contributed by atoms with Crippen LogP contribution in [0.4, 0.5) is 4.39 Å². The zero-order chi connectivity index (χ0) is 13.1. The monoisotopic (exact) mass is 307 g/mol. The molecule has 94 valence electrons. The van der Waals surface area contributed by atoms with E-state index in [1.165, 1.54) is 17.7 Å². The summed E-state index contributed by atoms with van der Waals surface area (Å²) < 4.78 is 14.1. The van der Waals surface area contributed by atoms with Crippen LogP contribution in [0.2, 0.25) is 0 Å². The molecule has 0 aliphatic rings. The molecule has 0 aliphatic carbocycles. The summed E-state index contributed by atoms with van der Waals surface area (Å²) >= 11 is 3.52. The van der Waals surface area contributed by atoms with Crippen molar-refractivity contribution in [3.8, 4) is 0 Å². The van der Waals surface area contributed by atoms with Crippen LogP contribution in [0.1, 0.15) is 22.7 Å². The van der Waals surface area contributed by atoms with E-state index in [1.54, 1.807) is 6.07 Å². The van der Waals surface area contributed by atoms with Gasteiger partial charge in [-0.25, -0.2) is 4.39 Å². The number of aryl methyl sites for hydroxylation is 1. The summed E-state index contributed by atoms with van der Waals surface area (Å²) in [6.45, 7) is 2.03. The van der Waals surface area contributed by atoms with Crippen molar-refractivity contribution in [2.24, 2.45) is 5.73 Å². The normalized spacial score (nSPS) is 12.4. The summed E-state index contributed by atoms with van der Waals surface area (Å²) in [4.78, 5) is 0. The lowest BCUT2D eigenvalue weighted by molar-refractivity contribution is 0.622. The van der Waals surface area contributed by atoms with E-state index < -0.39 is 0 Å². The molecule has 0 aliphatic heterocycles. The molecular formula is C15H15BrFN. The van der Waals surface area contributed by atoms with E-state index in [4.69, 9.17) is 5.73 Å². The van der Waals surface area contributed by atoms with Gasteiger partial charge in [0.2, 0.25) is 0 Å². The summed E-state index contributed by atoms with van der Waals surface area (Å²) in [5, 5.41) is 0. The maximum atomic E-state index is 13.1. The number of hydrogen-bond donors (Lipinski definition) is 1. The van der Waals surface area contributed by atoms with Crippen molar-refractivity contribution >= 4 is 15.9 Å². The maximum Gasteiger partial charge on any atom is 0.123 e. The SMILES string of the molecule is Cc1ccc(C(N)Cc2cccc(F)c2)c(Br)c1. The zero-order valence-electron chi connectivity index (χ0n) is 10.2. The summed E-state index contributed by atoms with van der Waals surface area (Å²) in [6.07, 6.45) is 0.624. The minimum Gasteiger partial charge on any atom is -0.324 e. The first kappa shape index (κ1) is 13.2. The molecule has 18 heavy (non-hydrogen) atoms. The van der Waals surface area contributed by atoms with Gasteiger partial charge in [0.15, 0.2) is 0 Å². The van der Waals surface area contributed by atoms with Crippen LogP contribution in [-0.4, -0.2) is 0 Å². The Morgan fingerprint density at radius 3 is 2.67 bits per heavy atom. The molecule has 3 heteroatoms. The highest BCUT2D eigenvalue weighted by atomic mass is 79.9. The number of benzene rings is 2. The predicted molar refractivity (Wildman–Crippen MR) is 75.9 cm³/mol. The minimum absolute atomic E-state index is 0.137. The van der Waals surface area contributed by atoms with Gasteiger partial charge < -0.3 is 5.73 Å². The molecule has 0 aromatic heterocycles. The van der Waals surface area contributed by atoms with Gasteiger partial charge in [0, 0.05) is 10.5 Å². The molecule has 1 nitrogen and oxygen atoms in total. The fourth-order valence-corrected chi connectivity index (χ4v) is 2.75. The van der Waals surface area contributed by atoms with Gasteiger partial charge in [-0.2, -0.15) is 0 Å². The second-order valence-corrected chi connectivity index (χ2v) is 5.32. The summed E-state index contributed by atoms with van der Waals surface area (Å²) in [5.41, 5.74) is 9.32. The quantitative estimate of drug-likeness (QED) is 0.906. The minimum atomic E-state index is -0.220. The van der Waals surface area contributed by atoms with Gasteiger partial charge in [-0.1, -0.05) is 40.2 Å². The van der Waals surface area contributed by atoms with E-state index in [-0.39, 0.29) is 11.9 Å². The molecule has 2 rings (SSSR count). The van der Waals surface area contributed by atoms with Gasteiger partial charge in [-0.3, -0.25) is 0 Å². The van der Waals surface area contributed by atoms with Crippen LogP contribution in [0.25, 0.3) is 0 Å². The highest BCUT2D eigenvalue weighted by Crippen LogP contribution is 2.25. The Morgan fingerprint density at radius 1 is 1.22 bits per heavy atom. The van der Waals surface area contributed by atoms with Crippen LogP contribution < -0.4 is 5.73 Å². The smallest absolute Gasteiger partial charge is 0.123 e. The van der Waals surface area contributed by atoms with Gasteiger partial charge in [0.25, 0.3) is 0 Å². The molecule has 0 bridgehead atoms. The first-order valence-electron chi connectivity index (χ1n) is 5.82. The molecule has 1 unspecified atom stereocenters. The second kappa shape index (κ2) is 5.63. The van der Waals surface area contributed by atoms with Crippen molar-refractivity contribution in [3.05, 3.63) is 69.4 Å². The largest absolute Gasteiger partial charge is 0.324 e. The van der Waals surface area contributed by atoms with E-state index in [0.717, 1.165) is 15.6 Å². The highest BCUT2D eigenvalue weighted by molar-refractivity contribution is 9.10. The molecular weight excluding hydrogens is 293 g/mol. The summed E-state index contributed by atoms with van der Waals surface area (Å²) in [6, 6.07) is 12.5. The van der Waals surface area contributed by atoms with Gasteiger partial charge in [0.05, 0.1) is 0 Å². The van der Waals surface area contributed by atoms with Gasteiger partial charge in [0.1, 0.15) is 5.82 Å². The molecule has 2 N–H and O–H groups in total. The number of hydrogen-bond acceptors (Lipinski definition) is 1. The molecule has 0 radical (unpaired) electrons. The molecule has 0 saturated heterocycles. The topological polar surface area (TPSA) is 26.0 Å². The maximum absolute atomic E-state index is 13.1. The van der Waals surface area contributed by atoms with Crippen molar-refractivity contribution in [1.29, 1.82) is 0 Å². The van der Waals surface area contributed by atoms with Crippen LogP contribution in [0.5, 0.6) is 0 Å². The standard InChI is InChI=1S/C15H15BrFN/c1-10-5-6-13(14(16)7-10)15(18)9-11-3-2-4-12(17)8-11/h2-8,15H,9,18H2,1H3. The van der Waals surface area contributed by atoms with Crippen molar-refractivity contribution in [2.75, 3.05) is 0 Å². The third kappa shape index (κ3) is 3.18. The zero-order valence-corrected chi connectivity index (χ0v) is 11.7. The van der Waals surface area contributed by atoms with Crippen LogP contribution in [0.15, 0.2) is 46.9 Å². The average molecular weight is 308 g/mol. The Labute approximate surface area is 115 Å². The third-order valence-electron chi connectivity index (χ3n) is 2.90. The first-order valence-corrected chi connectivity index (χ1v) is 6.61. The summed E-state index contributed by atoms with van der Waals surface area (Å²) in [5.74, 6) is -0.220. The van der Waals surface area contributed by atoms with E-state index in [1.807, 2.05) is 31.2 Å². The molecule has 1 atom stereocenters. The molecule has 0 saturated carbocycles. The van der Waals surface area contributed by atoms with Gasteiger partial charge >= 0.3 is 0 Å². The van der Waals surface area contributed by atoms with E-state index in [0.29, 0.717) is 6.42 Å². The average Bonchev–Trinajstić information content (AvgIpc) is 2.28. The van der Waals surface area contributed by atoms with Crippen LogP contribution in [0.3, 0.4) is 0 Å². The molecule has 0 amide bonds. The van der Waals surface area contributed by atoms with Crippen molar-refractivity contribution in [1.82, 2.24) is 0 Å². The Bertz CT molecular complexity index is 554. The lowest BCUT2D eigenvalue weighted by Gasteiger charge is -2.14. The number of nitrogens with two attached hydrogens (primary N) is 1. The van der Waals surface area contributed by atoms with Crippen LogP contribution >= 0.6 is 15.9 Å². The highest BCUT2D eigenvalue weighted by Gasteiger charge is 2.11. The first-order chi connectivity index (χ1) is 8.56. The van der Waals surface area contributed by atoms with Gasteiger partial charge in [-0.15, -0.1) is 0 Å².